The van der Waals surface area contributed by atoms with E-state index >= 15 is 0 Å². The Hall–Kier alpha value is -1.46. The molecule has 6 nitrogen and oxygen atoms in total. The van der Waals surface area contributed by atoms with Gasteiger partial charge in [-0.1, -0.05) is 13.3 Å². The number of aliphatic carboxylic acids is 1. The van der Waals surface area contributed by atoms with Crippen LogP contribution in [0.1, 0.15) is 57.7 Å². The molecule has 104 valence electrons. The van der Waals surface area contributed by atoms with E-state index in [0.29, 0.717) is 18.3 Å². The number of fused-ring (bicyclic) bond motifs is 2. The van der Waals surface area contributed by atoms with Crippen LogP contribution in [0.5, 0.6) is 0 Å². The molecule has 6 heteroatoms. The summed E-state index contributed by atoms with van der Waals surface area (Å²) >= 11 is 0. The second kappa shape index (κ2) is 4.28. The fraction of sp³-hybridized carbons (Fsp3) is 0.846. The fourth-order valence-corrected chi connectivity index (χ4v) is 3.73. The topological polar surface area (TPSA) is 80.9 Å². The molecule has 0 radical (unpaired) electrons. The quantitative estimate of drug-likeness (QED) is 0.896. The standard InChI is InChI=1S/C13H20N4O2/c1-3-13(2,12(18)19)17-11(14-15-16-17)10-7-8-4-5-9(10)6-8/h8-10H,3-7H2,1-2H3,(H,18,19). The van der Waals surface area contributed by atoms with Gasteiger partial charge in [0.05, 0.1) is 0 Å². The molecule has 1 heterocycles. The van der Waals surface area contributed by atoms with Crippen molar-refractivity contribution in [2.75, 3.05) is 0 Å². The molecule has 2 saturated carbocycles. The number of carbonyl (C=O) groups is 1. The summed E-state index contributed by atoms with van der Waals surface area (Å²) in [5.41, 5.74) is -1.04. The van der Waals surface area contributed by atoms with Crippen molar-refractivity contribution >= 4 is 5.97 Å². The van der Waals surface area contributed by atoms with Crippen LogP contribution in [0.15, 0.2) is 0 Å². The highest BCUT2D eigenvalue weighted by Crippen LogP contribution is 2.52. The second-order valence-electron chi connectivity index (χ2n) is 6.16. The van der Waals surface area contributed by atoms with Crippen LogP contribution >= 0.6 is 0 Å². The van der Waals surface area contributed by atoms with Crippen molar-refractivity contribution in [2.24, 2.45) is 11.8 Å². The van der Waals surface area contributed by atoms with Gasteiger partial charge in [-0.05, 0) is 54.9 Å². The summed E-state index contributed by atoms with van der Waals surface area (Å²) in [5, 5.41) is 21.4. The average Bonchev–Trinajstić information content (AvgIpc) is 3.11. The number of aromatic nitrogens is 4. The first-order valence-electron chi connectivity index (χ1n) is 7.08. The Kier molecular flexibility index (Phi) is 2.83. The molecule has 3 rings (SSSR count). The van der Waals surface area contributed by atoms with Gasteiger partial charge in [0.15, 0.2) is 11.4 Å². The minimum absolute atomic E-state index is 0.346. The van der Waals surface area contributed by atoms with E-state index in [1.807, 2.05) is 6.92 Å². The van der Waals surface area contributed by atoms with Crippen LogP contribution in [0.2, 0.25) is 0 Å². The fourth-order valence-electron chi connectivity index (χ4n) is 3.73. The van der Waals surface area contributed by atoms with Gasteiger partial charge < -0.3 is 5.11 Å². The van der Waals surface area contributed by atoms with Crippen LogP contribution in [0.25, 0.3) is 0 Å². The lowest BCUT2D eigenvalue weighted by atomic mass is 9.87. The van der Waals surface area contributed by atoms with Gasteiger partial charge in [-0.3, -0.25) is 0 Å². The van der Waals surface area contributed by atoms with Crippen molar-refractivity contribution in [1.29, 1.82) is 0 Å². The summed E-state index contributed by atoms with van der Waals surface area (Å²) in [6, 6.07) is 0. The molecule has 0 saturated heterocycles. The lowest BCUT2D eigenvalue weighted by molar-refractivity contribution is -0.147. The molecule has 1 N–H and O–H groups in total. The van der Waals surface area contributed by atoms with Gasteiger partial charge in [-0.2, -0.15) is 0 Å². The third-order valence-electron chi connectivity index (χ3n) is 5.18. The van der Waals surface area contributed by atoms with E-state index < -0.39 is 11.5 Å². The number of carboxylic acids is 1. The van der Waals surface area contributed by atoms with Gasteiger partial charge >= 0.3 is 5.97 Å². The van der Waals surface area contributed by atoms with E-state index in [1.165, 1.54) is 19.3 Å². The normalized spacial score (nSPS) is 32.4. The highest BCUT2D eigenvalue weighted by atomic mass is 16.4. The highest BCUT2D eigenvalue weighted by Gasteiger charge is 2.45. The molecule has 19 heavy (non-hydrogen) atoms. The SMILES string of the molecule is CCC(C)(C(=O)O)n1nnnc1C1CC2CCC1C2. The molecule has 2 aliphatic carbocycles. The smallest absolute Gasteiger partial charge is 0.331 e. The molecule has 2 fully saturated rings. The number of carboxylic acid groups (broad SMARTS) is 1. The van der Waals surface area contributed by atoms with E-state index in [0.717, 1.165) is 18.2 Å². The molecule has 0 spiro atoms. The van der Waals surface area contributed by atoms with Crippen LogP contribution in [0, 0.1) is 11.8 Å². The zero-order valence-corrected chi connectivity index (χ0v) is 11.4. The lowest BCUT2D eigenvalue weighted by Crippen LogP contribution is -2.41. The van der Waals surface area contributed by atoms with Crippen molar-refractivity contribution in [3.05, 3.63) is 5.82 Å². The zero-order chi connectivity index (χ0) is 13.6. The van der Waals surface area contributed by atoms with E-state index in [9.17, 15) is 9.90 Å². The Morgan fingerprint density at radius 1 is 1.47 bits per heavy atom. The molecular formula is C13H20N4O2. The van der Waals surface area contributed by atoms with Gasteiger partial charge in [0.25, 0.3) is 0 Å². The third kappa shape index (κ3) is 1.76. The van der Waals surface area contributed by atoms with Gasteiger partial charge in [-0.15, -0.1) is 5.10 Å². The van der Waals surface area contributed by atoms with Gasteiger partial charge in [-0.25, -0.2) is 9.48 Å². The monoisotopic (exact) mass is 264 g/mol. The maximum absolute atomic E-state index is 11.6. The van der Waals surface area contributed by atoms with E-state index in [1.54, 1.807) is 11.6 Å². The molecule has 1 aromatic rings. The van der Waals surface area contributed by atoms with Crippen LogP contribution in [0.3, 0.4) is 0 Å². The van der Waals surface area contributed by atoms with Gasteiger partial charge in [0.1, 0.15) is 0 Å². The summed E-state index contributed by atoms with van der Waals surface area (Å²) in [5.74, 6) is 1.69. The number of hydrogen-bond acceptors (Lipinski definition) is 4. The first-order chi connectivity index (χ1) is 9.06. The molecule has 4 unspecified atom stereocenters. The molecule has 4 atom stereocenters. The average molecular weight is 264 g/mol. The van der Waals surface area contributed by atoms with Gasteiger partial charge in [0.2, 0.25) is 0 Å². The number of rotatable bonds is 4. The Morgan fingerprint density at radius 2 is 2.26 bits per heavy atom. The summed E-state index contributed by atoms with van der Waals surface area (Å²) in [4.78, 5) is 11.6. The molecule has 0 aromatic carbocycles. The summed E-state index contributed by atoms with van der Waals surface area (Å²) in [7, 11) is 0. The molecule has 0 amide bonds. The summed E-state index contributed by atoms with van der Waals surface area (Å²) in [6.45, 7) is 3.56. The lowest BCUT2D eigenvalue weighted by Gasteiger charge is -2.28. The highest BCUT2D eigenvalue weighted by molar-refractivity contribution is 5.76. The van der Waals surface area contributed by atoms with Crippen molar-refractivity contribution in [3.63, 3.8) is 0 Å². The number of tetrazole rings is 1. The molecular weight excluding hydrogens is 244 g/mol. The zero-order valence-electron chi connectivity index (χ0n) is 11.4. The largest absolute Gasteiger partial charge is 0.479 e. The predicted octanol–water partition coefficient (Wildman–Crippen LogP) is 1.79. The van der Waals surface area contributed by atoms with E-state index in [2.05, 4.69) is 15.5 Å². The Labute approximate surface area is 112 Å². The number of nitrogens with zero attached hydrogens (tertiary/aromatic N) is 4. The Bertz CT molecular complexity index is 501. The van der Waals surface area contributed by atoms with E-state index in [4.69, 9.17) is 0 Å². The summed E-state index contributed by atoms with van der Waals surface area (Å²) < 4.78 is 1.56. The minimum Gasteiger partial charge on any atom is -0.479 e. The predicted molar refractivity (Wildman–Crippen MR) is 67.6 cm³/mol. The van der Waals surface area contributed by atoms with Crippen LogP contribution in [0.4, 0.5) is 0 Å². The summed E-state index contributed by atoms with van der Waals surface area (Å²) in [6.07, 6.45) is 5.39. The molecule has 2 bridgehead atoms. The second-order valence-corrected chi connectivity index (χ2v) is 6.16. The van der Waals surface area contributed by atoms with Crippen LogP contribution in [-0.4, -0.2) is 31.3 Å². The van der Waals surface area contributed by atoms with Crippen LogP contribution < -0.4 is 0 Å². The maximum atomic E-state index is 11.6. The first kappa shape index (κ1) is 12.6. The maximum Gasteiger partial charge on any atom is 0.331 e. The Balaban J connectivity index is 1.97. The Morgan fingerprint density at radius 3 is 2.79 bits per heavy atom. The van der Waals surface area contributed by atoms with Gasteiger partial charge in [0, 0.05) is 5.92 Å². The minimum atomic E-state index is -1.04. The molecule has 2 aliphatic rings. The first-order valence-corrected chi connectivity index (χ1v) is 7.08. The van der Waals surface area contributed by atoms with Crippen LogP contribution in [-0.2, 0) is 10.3 Å². The molecule has 0 aliphatic heterocycles. The molecule has 1 aromatic heterocycles. The third-order valence-corrected chi connectivity index (χ3v) is 5.18. The van der Waals surface area contributed by atoms with Crippen molar-refractivity contribution in [2.45, 2.75) is 57.4 Å². The van der Waals surface area contributed by atoms with Crippen molar-refractivity contribution in [3.8, 4) is 0 Å². The van der Waals surface area contributed by atoms with E-state index in [-0.39, 0.29) is 0 Å². The number of hydrogen-bond donors (Lipinski definition) is 1. The van der Waals surface area contributed by atoms with Crippen molar-refractivity contribution < 1.29 is 9.90 Å². The van der Waals surface area contributed by atoms with Crippen molar-refractivity contribution in [1.82, 2.24) is 20.2 Å².